The van der Waals surface area contributed by atoms with Gasteiger partial charge in [-0.25, -0.2) is 4.68 Å². The standard InChI is InChI=1S/C10H13N5/c1-6-7(4-3-5-8(6)11)9-13-10(12)15(2)14-9/h3-5H,11H2,1-2H3,(H2,12,13,14). The van der Waals surface area contributed by atoms with Gasteiger partial charge in [-0.2, -0.15) is 4.98 Å². The van der Waals surface area contributed by atoms with Crippen LogP contribution in [0.3, 0.4) is 0 Å². The Balaban J connectivity index is 2.59. The summed E-state index contributed by atoms with van der Waals surface area (Å²) in [6, 6.07) is 5.66. The Bertz CT molecular complexity index is 481. The van der Waals surface area contributed by atoms with Crippen LogP contribution in [0.25, 0.3) is 11.4 Å². The molecular formula is C10H13N5. The van der Waals surface area contributed by atoms with Gasteiger partial charge >= 0.3 is 0 Å². The van der Waals surface area contributed by atoms with Gasteiger partial charge in [0.05, 0.1) is 0 Å². The van der Waals surface area contributed by atoms with Crippen LogP contribution in [0.4, 0.5) is 11.6 Å². The van der Waals surface area contributed by atoms with Crippen LogP contribution in [0.5, 0.6) is 0 Å². The number of nitrogen functional groups attached to an aromatic ring is 2. The molecule has 15 heavy (non-hydrogen) atoms. The first-order chi connectivity index (χ1) is 7.09. The van der Waals surface area contributed by atoms with Crippen LogP contribution in [0.15, 0.2) is 18.2 Å². The van der Waals surface area contributed by atoms with E-state index in [0.29, 0.717) is 11.8 Å². The third kappa shape index (κ3) is 1.52. The van der Waals surface area contributed by atoms with Crippen molar-refractivity contribution in [3.63, 3.8) is 0 Å². The van der Waals surface area contributed by atoms with Crippen molar-refractivity contribution in [1.29, 1.82) is 0 Å². The van der Waals surface area contributed by atoms with Crippen LogP contribution in [0.2, 0.25) is 0 Å². The highest BCUT2D eigenvalue weighted by Gasteiger charge is 2.10. The average molecular weight is 203 g/mol. The minimum Gasteiger partial charge on any atom is -0.398 e. The highest BCUT2D eigenvalue weighted by Crippen LogP contribution is 2.24. The molecule has 78 valence electrons. The largest absolute Gasteiger partial charge is 0.398 e. The summed E-state index contributed by atoms with van der Waals surface area (Å²) in [5.74, 6) is 1.01. The number of benzene rings is 1. The molecule has 0 amide bonds. The molecule has 0 unspecified atom stereocenters. The molecule has 1 aromatic carbocycles. The molecule has 0 saturated heterocycles. The fourth-order valence-corrected chi connectivity index (χ4v) is 1.41. The molecule has 4 N–H and O–H groups in total. The molecule has 0 atom stereocenters. The molecule has 0 aliphatic carbocycles. The first kappa shape index (κ1) is 9.51. The summed E-state index contributed by atoms with van der Waals surface area (Å²) in [5.41, 5.74) is 14.1. The monoisotopic (exact) mass is 203 g/mol. The van der Waals surface area contributed by atoms with E-state index in [-0.39, 0.29) is 0 Å². The van der Waals surface area contributed by atoms with E-state index in [1.807, 2.05) is 25.1 Å². The molecule has 0 saturated carbocycles. The zero-order chi connectivity index (χ0) is 11.0. The lowest BCUT2D eigenvalue weighted by Crippen LogP contribution is -1.97. The molecular weight excluding hydrogens is 190 g/mol. The Hall–Kier alpha value is -2.04. The summed E-state index contributed by atoms with van der Waals surface area (Å²) in [5, 5.41) is 4.21. The van der Waals surface area contributed by atoms with Crippen LogP contribution in [0.1, 0.15) is 5.56 Å². The molecule has 0 aliphatic heterocycles. The second-order valence-corrected chi connectivity index (χ2v) is 3.44. The van der Waals surface area contributed by atoms with E-state index >= 15 is 0 Å². The lowest BCUT2D eigenvalue weighted by Gasteiger charge is -2.03. The van der Waals surface area contributed by atoms with Gasteiger partial charge in [0, 0.05) is 18.3 Å². The highest BCUT2D eigenvalue weighted by molar-refractivity contribution is 5.68. The van der Waals surface area contributed by atoms with Crippen LogP contribution in [0, 0.1) is 6.92 Å². The minimum absolute atomic E-state index is 0.395. The third-order valence-corrected chi connectivity index (χ3v) is 2.41. The van der Waals surface area contributed by atoms with E-state index in [4.69, 9.17) is 11.5 Å². The number of aryl methyl sites for hydroxylation is 1. The van der Waals surface area contributed by atoms with Crippen molar-refractivity contribution in [2.45, 2.75) is 6.92 Å². The maximum atomic E-state index is 5.81. The van der Waals surface area contributed by atoms with Gasteiger partial charge in [0.1, 0.15) is 0 Å². The molecule has 0 bridgehead atoms. The third-order valence-electron chi connectivity index (χ3n) is 2.41. The lowest BCUT2D eigenvalue weighted by molar-refractivity contribution is 0.780. The number of nitrogens with zero attached hydrogens (tertiary/aromatic N) is 3. The fraction of sp³-hybridized carbons (Fsp3) is 0.200. The molecule has 0 fully saturated rings. The number of nitrogens with two attached hydrogens (primary N) is 2. The first-order valence-corrected chi connectivity index (χ1v) is 4.61. The lowest BCUT2D eigenvalue weighted by atomic mass is 10.1. The maximum absolute atomic E-state index is 5.81. The molecule has 2 rings (SSSR count). The Labute approximate surface area is 87.7 Å². The summed E-state index contributed by atoms with van der Waals surface area (Å²) in [4.78, 5) is 4.16. The van der Waals surface area contributed by atoms with Gasteiger partial charge in [-0.1, -0.05) is 12.1 Å². The predicted octanol–water partition coefficient (Wildman–Crippen LogP) is 0.955. The molecule has 5 nitrogen and oxygen atoms in total. The van der Waals surface area contributed by atoms with Gasteiger partial charge in [0.25, 0.3) is 0 Å². The van der Waals surface area contributed by atoms with Gasteiger partial charge in [0.15, 0.2) is 5.82 Å². The van der Waals surface area contributed by atoms with Gasteiger partial charge in [-0.3, -0.25) is 0 Å². The SMILES string of the molecule is Cc1c(N)cccc1-c1nc(N)n(C)n1. The maximum Gasteiger partial charge on any atom is 0.218 e. The van der Waals surface area contributed by atoms with Crippen LogP contribution in [-0.2, 0) is 7.05 Å². The van der Waals surface area contributed by atoms with Gasteiger partial charge in [-0.15, -0.1) is 5.10 Å². The van der Waals surface area contributed by atoms with E-state index < -0.39 is 0 Å². The zero-order valence-corrected chi connectivity index (χ0v) is 8.73. The number of hydrogen-bond donors (Lipinski definition) is 2. The van der Waals surface area contributed by atoms with Gasteiger partial charge in [0.2, 0.25) is 5.95 Å². The molecule has 0 aliphatic rings. The highest BCUT2D eigenvalue weighted by atomic mass is 15.4. The molecule has 1 heterocycles. The van der Waals surface area contributed by atoms with Gasteiger partial charge in [-0.05, 0) is 18.6 Å². The minimum atomic E-state index is 0.395. The second kappa shape index (κ2) is 3.27. The normalized spacial score (nSPS) is 10.5. The number of aromatic nitrogens is 3. The fourth-order valence-electron chi connectivity index (χ4n) is 1.41. The first-order valence-electron chi connectivity index (χ1n) is 4.61. The van der Waals surface area contributed by atoms with Crippen molar-refractivity contribution < 1.29 is 0 Å². The van der Waals surface area contributed by atoms with Crippen LogP contribution >= 0.6 is 0 Å². The Morgan fingerprint density at radius 1 is 1.27 bits per heavy atom. The van der Waals surface area contributed by atoms with E-state index in [1.165, 1.54) is 4.68 Å². The Kier molecular flexibility index (Phi) is 2.07. The summed E-state index contributed by atoms with van der Waals surface area (Å²) in [6.45, 7) is 1.94. The molecule has 0 radical (unpaired) electrons. The van der Waals surface area contributed by atoms with Crippen molar-refractivity contribution in [1.82, 2.24) is 14.8 Å². The summed E-state index contributed by atoms with van der Waals surface area (Å²) < 4.78 is 1.54. The second-order valence-electron chi connectivity index (χ2n) is 3.44. The Morgan fingerprint density at radius 2 is 2.00 bits per heavy atom. The molecule has 5 heteroatoms. The van der Waals surface area contributed by atoms with Crippen molar-refractivity contribution in [3.8, 4) is 11.4 Å². The van der Waals surface area contributed by atoms with E-state index in [0.717, 1.165) is 16.8 Å². The van der Waals surface area contributed by atoms with E-state index in [9.17, 15) is 0 Å². The molecule has 0 spiro atoms. The topological polar surface area (TPSA) is 82.7 Å². The van der Waals surface area contributed by atoms with Crippen molar-refractivity contribution in [3.05, 3.63) is 23.8 Å². The van der Waals surface area contributed by atoms with Crippen molar-refractivity contribution in [2.24, 2.45) is 7.05 Å². The Morgan fingerprint density at radius 3 is 2.60 bits per heavy atom. The number of hydrogen-bond acceptors (Lipinski definition) is 4. The smallest absolute Gasteiger partial charge is 0.218 e. The number of anilines is 2. The zero-order valence-electron chi connectivity index (χ0n) is 8.73. The van der Waals surface area contributed by atoms with Gasteiger partial charge < -0.3 is 11.5 Å². The summed E-state index contributed by atoms with van der Waals surface area (Å²) in [7, 11) is 1.76. The van der Waals surface area contributed by atoms with Crippen LogP contribution < -0.4 is 11.5 Å². The van der Waals surface area contributed by atoms with Crippen molar-refractivity contribution in [2.75, 3.05) is 11.5 Å². The molecule has 2 aromatic rings. The van der Waals surface area contributed by atoms with E-state index in [1.54, 1.807) is 7.05 Å². The van der Waals surface area contributed by atoms with Crippen LogP contribution in [-0.4, -0.2) is 14.8 Å². The summed E-state index contributed by atoms with van der Waals surface area (Å²) >= 11 is 0. The van der Waals surface area contributed by atoms with E-state index in [2.05, 4.69) is 10.1 Å². The summed E-state index contributed by atoms with van der Waals surface area (Å²) in [6.07, 6.45) is 0. The van der Waals surface area contributed by atoms with Crippen molar-refractivity contribution >= 4 is 11.6 Å². The predicted molar refractivity (Wildman–Crippen MR) is 60.0 cm³/mol. The average Bonchev–Trinajstić information content (AvgIpc) is 2.51. The quantitative estimate of drug-likeness (QED) is 0.676. The molecule has 1 aromatic heterocycles. The number of rotatable bonds is 1.